The third-order valence-electron chi connectivity index (χ3n) is 8.24. The van der Waals surface area contributed by atoms with Gasteiger partial charge in [-0.3, -0.25) is 0 Å². The Balaban J connectivity index is 1.31. The van der Waals surface area contributed by atoms with E-state index in [9.17, 15) is 0 Å². The first-order valence-corrected chi connectivity index (χ1v) is 17.3. The second-order valence-electron chi connectivity index (χ2n) is 13.5. The molecule has 48 heavy (non-hydrogen) atoms. The molecule has 0 amide bonds. The Hall–Kier alpha value is -3.82. The number of nitrogens with one attached hydrogen (secondary N) is 1. The van der Waals surface area contributed by atoms with Crippen LogP contribution in [0.5, 0.6) is 5.88 Å². The molecule has 8 nitrogen and oxygen atoms in total. The van der Waals surface area contributed by atoms with Gasteiger partial charge in [-0.15, -0.1) is 0 Å². The molecule has 1 aliphatic carbocycles. The molecule has 2 atom stereocenters. The van der Waals surface area contributed by atoms with Crippen molar-refractivity contribution in [3.8, 4) is 5.88 Å². The number of hydrogen-bond donors (Lipinski definition) is 1. The van der Waals surface area contributed by atoms with E-state index in [0.29, 0.717) is 45.6 Å². The molecule has 0 fully saturated rings. The van der Waals surface area contributed by atoms with Crippen molar-refractivity contribution in [1.29, 1.82) is 0 Å². The largest absolute Gasteiger partial charge is 0.470 e. The zero-order valence-electron chi connectivity index (χ0n) is 29.1. The van der Waals surface area contributed by atoms with Gasteiger partial charge in [-0.25, -0.2) is 4.98 Å². The zero-order chi connectivity index (χ0) is 33.6. The molecule has 1 aliphatic rings. The molecular weight excluding hydrogens is 600 g/mol. The Morgan fingerprint density at radius 1 is 0.896 bits per heavy atom. The Bertz CT molecular complexity index is 1590. The van der Waals surface area contributed by atoms with Crippen LogP contribution in [0.1, 0.15) is 70.1 Å². The molecule has 5 rings (SSSR count). The summed E-state index contributed by atoms with van der Waals surface area (Å²) >= 11 is 0. The highest BCUT2D eigenvalue weighted by atomic mass is 16.5. The van der Waals surface area contributed by atoms with Crippen molar-refractivity contribution in [1.82, 2.24) is 19.9 Å². The van der Waals surface area contributed by atoms with Crippen molar-refractivity contribution in [2.24, 2.45) is 5.92 Å². The standard InChI is InChI=1S/C40H52N4O4/c1-5-15-36(47-27-33-20-13-8-14-21-33)35(28-45-25-31-16-9-6-10-17-31)23-41-22-34-24-44(30-46-26-32-18-11-7-12-19-32)38-37(34)42-29-43-39(38)48-40(2,3)4/h6,8-11,13-14,16-21,24,29,35-36,41H,5,7,12,15,22-23,25-28,30H2,1-4H3/t35-,36?/m1/s1. The molecule has 256 valence electrons. The van der Waals surface area contributed by atoms with E-state index in [1.165, 1.54) is 16.7 Å². The van der Waals surface area contributed by atoms with Crippen LogP contribution in [0.25, 0.3) is 11.0 Å². The average molecular weight is 653 g/mol. The van der Waals surface area contributed by atoms with Crippen LogP contribution >= 0.6 is 0 Å². The molecule has 4 aromatic rings. The summed E-state index contributed by atoms with van der Waals surface area (Å²) < 4.78 is 27.5. The SMILES string of the molecule is CCCC(OCc1ccccc1)[C@H](CNCc1cn(COCC2=CCCC=C2)c2c(OC(C)(C)C)ncnc12)COCc1ccccc1. The summed E-state index contributed by atoms with van der Waals surface area (Å²) in [5.74, 6) is 0.712. The summed E-state index contributed by atoms with van der Waals surface area (Å²) in [6.07, 6.45) is 14.5. The van der Waals surface area contributed by atoms with Crippen LogP contribution in [0.15, 0.2) is 97.0 Å². The minimum Gasteiger partial charge on any atom is -0.470 e. The number of hydrogen-bond acceptors (Lipinski definition) is 7. The van der Waals surface area contributed by atoms with Gasteiger partial charge in [0.15, 0.2) is 0 Å². The van der Waals surface area contributed by atoms with Gasteiger partial charge in [0.1, 0.15) is 29.7 Å². The third kappa shape index (κ3) is 10.9. The summed E-state index contributed by atoms with van der Waals surface area (Å²) in [4.78, 5) is 9.25. The third-order valence-corrected chi connectivity index (χ3v) is 8.24. The predicted octanol–water partition coefficient (Wildman–Crippen LogP) is 8.17. The number of ether oxygens (including phenoxy) is 4. The van der Waals surface area contributed by atoms with Crippen LogP contribution in [0.4, 0.5) is 0 Å². The van der Waals surface area contributed by atoms with Crippen LogP contribution in [0.3, 0.4) is 0 Å². The predicted molar refractivity (Wildman–Crippen MR) is 192 cm³/mol. The fourth-order valence-corrected chi connectivity index (χ4v) is 5.91. The van der Waals surface area contributed by atoms with Crippen molar-refractivity contribution in [2.45, 2.75) is 91.6 Å². The maximum Gasteiger partial charge on any atom is 0.242 e. The van der Waals surface area contributed by atoms with Gasteiger partial charge < -0.3 is 28.8 Å². The fraction of sp³-hybridized carbons (Fsp3) is 0.450. The fourth-order valence-electron chi connectivity index (χ4n) is 5.91. The van der Waals surface area contributed by atoms with Crippen molar-refractivity contribution in [2.75, 3.05) is 19.8 Å². The van der Waals surface area contributed by atoms with Crippen LogP contribution in [0, 0.1) is 5.92 Å². The summed E-state index contributed by atoms with van der Waals surface area (Å²) in [7, 11) is 0. The molecule has 2 heterocycles. The minimum atomic E-state index is -0.408. The molecule has 1 N–H and O–H groups in total. The smallest absolute Gasteiger partial charge is 0.242 e. The first-order chi connectivity index (χ1) is 23.4. The normalized spacial score (nSPS) is 14.6. The van der Waals surface area contributed by atoms with Gasteiger partial charge in [0, 0.05) is 30.8 Å². The first-order valence-electron chi connectivity index (χ1n) is 17.3. The van der Waals surface area contributed by atoms with Crippen LogP contribution < -0.4 is 10.1 Å². The molecule has 2 aromatic carbocycles. The maximum absolute atomic E-state index is 6.58. The molecule has 0 saturated carbocycles. The van der Waals surface area contributed by atoms with Crippen molar-refractivity contribution < 1.29 is 18.9 Å². The number of nitrogens with zero attached hydrogens (tertiary/aromatic N) is 3. The lowest BCUT2D eigenvalue weighted by atomic mass is 9.98. The quantitative estimate of drug-likeness (QED) is 0.109. The topological polar surface area (TPSA) is 79.7 Å². The van der Waals surface area contributed by atoms with E-state index in [4.69, 9.17) is 23.9 Å². The van der Waals surface area contributed by atoms with Gasteiger partial charge in [-0.2, -0.15) is 4.98 Å². The van der Waals surface area contributed by atoms with Gasteiger partial charge in [-0.1, -0.05) is 92.2 Å². The molecule has 0 saturated heterocycles. The van der Waals surface area contributed by atoms with Crippen molar-refractivity contribution in [3.63, 3.8) is 0 Å². The van der Waals surface area contributed by atoms with Crippen LogP contribution in [0.2, 0.25) is 0 Å². The summed E-state index contributed by atoms with van der Waals surface area (Å²) in [6, 6.07) is 20.7. The molecule has 2 aromatic heterocycles. The number of allylic oxidation sites excluding steroid dienone is 2. The molecule has 0 spiro atoms. The molecule has 1 unspecified atom stereocenters. The van der Waals surface area contributed by atoms with Gasteiger partial charge in [0.2, 0.25) is 5.88 Å². The number of aromatic nitrogens is 3. The van der Waals surface area contributed by atoms with Gasteiger partial charge in [0.25, 0.3) is 0 Å². The maximum atomic E-state index is 6.58. The Morgan fingerprint density at radius 3 is 2.33 bits per heavy atom. The lowest BCUT2D eigenvalue weighted by Gasteiger charge is -2.28. The Morgan fingerprint density at radius 2 is 1.65 bits per heavy atom. The van der Waals surface area contributed by atoms with Gasteiger partial charge >= 0.3 is 0 Å². The van der Waals surface area contributed by atoms with E-state index in [1.54, 1.807) is 6.33 Å². The Labute approximate surface area is 286 Å². The van der Waals surface area contributed by atoms with E-state index in [1.807, 2.05) is 45.0 Å². The molecule has 0 aliphatic heterocycles. The van der Waals surface area contributed by atoms with Crippen LogP contribution in [-0.2, 0) is 40.7 Å². The lowest BCUT2D eigenvalue weighted by Crippen LogP contribution is -2.36. The van der Waals surface area contributed by atoms with Gasteiger partial charge in [-0.05, 0) is 56.7 Å². The molecule has 0 bridgehead atoms. The Kier molecular flexibility index (Phi) is 13.4. The molecule has 0 radical (unpaired) electrons. The second-order valence-corrected chi connectivity index (χ2v) is 13.5. The first kappa shape index (κ1) is 35.5. The van der Waals surface area contributed by atoms with E-state index >= 15 is 0 Å². The summed E-state index contributed by atoms with van der Waals surface area (Å²) in [5.41, 5.74) is 5.91. The molecule has 8 heteroatoms. The van der Waals surface area contributed by atoms with E-state index in [-0.39, 0.29) is 12.0 Å². The molecular formula is C40H52N4O4. The number of benzene rings is 2. The second kappa shape index (κ2) is 18.1. The highest BCUT2D eigenvalue weighted by molar-refractivity contribution is 5.84. The average Bonchev–Trinajstić information content (AvgIpc) is 3.45. The number of fused-ring (bicyclic) bond motifs is 1. The van der Waals surface area contributed by atoms with Crippen molar-refractivity contribution >= 4 is 11.0 Å². The van der Waals surface area contributed by atoms with E-state index < -0.39 is 5.60 Å². The summed E-state index contributed by atoms with van der Waals surface area (Å²) in [5, 5.41) is 3.73. The van der Waals surface area contributed by atoms with E-state index in [2.05, 4.69) is 82.6 Å². The number of rotatable bonds is 19. The zero-order valence-corrected chi connectivity index (χ0v) is 29.1. The van der Waals surface area contributed by atoms with Crippen LogP contribution in [-0.4, -0.2) is 46.0 Å². The van der Waals surface area contributed by atoms with Gasteiger partial charge in [0.05, 0.1) is 32.5 Å². The summed E-state index contributed by atoms with van der Waals surface area (Å²) in [6.45, 7) is 12.3. The van der Waals surface area contributed by atoms with E-state index in [0.717, 1.165) is 48.8 Å². The van der Waals surface area contributed by atoms with Crippen molar-refractivity contribution in [3.05, 3.63) is 114 Å². The monoisotopic (exact) mass is 652 g/mol. The highest BCUT2D eigenvalue weighted by Crippen LogP contribution is 2.29. The minimum absolute atomic E-state index is 0.0467. The highest BCUT2D eigenvalue weighted by Gasteiger charge is 2.24. The lowest BCUT2D eigenvalue weighted by molar-refractivity contribution is -0.0379.